The van der Waals surface area contributed by atoms with Crippen LogP contribution in [0.25, 0.3) is 0 Å². The Morgan fingerprint density at radius 1 is 0.778 bits per heavy atom. The lowest BCUT2D eigenvalue weighted by Crippen LogP contribution is -2.28. The lowest BCUT2D eigenvalue weighted by molar-refractivity contribution is -0.129. The maximum Gasteiger partial charge on any atom is 0.222 e. The minimum atomic E-state index is -0.748. The summed E-state index contributed by atoms with van der Waals surface area (Å²) in [5.41, 5.74) is 2.05. The SMILES string of the molecule is Brc1ccc(C2(c3ccccc3)OCCO2)cc1. The molecule has 2 aromatic carbocycles. The van der Waals surface area contributed by atoms with Crippen molar-refractivity contribution in [3.05, 3.63) is 70.2 Å². The highest BCUT2D eigenvalue weighted by Crippen LogP contribution is 2.38. The molecule has 0 unspecified atom stereocenters. The van der Waals surface area contributed by atoms with Gasteiger partial charge in [-0.1, -0.05) is 58.4 Å². The number of ether oxygens (including phenoxy) is 2. The quantitative estimate of drug-likeness (QED) is 0.842. The van der Waals surface area contributed by atoms with Crippen LogP contribution in [0.1, 0.15) is 11.1 Å². The van der Waals surface area contributed by atoms with Crippen molar-refractivity contribution in [2.75, 3.05) is 13.2 Å². The third-order valence-electron chi connectivity index (χ3n) is 3.07. The first kappa shape index (κ1) is 11.9. The fourth-order valence-corrected chi connectivity index (χ4v) is 2.50. The zero-order valence-electron chi connectivity index (χ0n) is 9.80. The smallest absolute Gasteiger partial charge is 0.222 e. The maximum absolute atomic E-state index is 5.92. The molecule has 3 heteroatoms. The summed E-state index contributed by atoms with van der Waals surface area (Å²) >= 11 is 3.45. The summed E-state index contributed by atoms with van der Waals surface area (Å²) in [6, 6.07) is 18.1. The lowest BCUT2D eigenvalue weighted by Gasteiger charge is -2.28. The van der Waals surface area contributed by atoms with E-state index in [-0.39, 0.29) is 0 Å². The van der Waals surface area contributed by atoms with Gasteiger partial charge in [0.1, 0.15) is 0 Å². The first-order valence-electron chi connectivity index (χ1n) is 5.91. The Hall–Kier alpha value is -1.16. The van der Waals surface area contributed by atoms with Gasteiger partial charge in [-0.25, -0.2) is 0 Å². The monoisotopic (exact) mass is 304 g/mol. The fraction of sp³-hybridized carbons (Fsp3) is 0.200. The first-order valence-corrected chi connectivity index (χ1v) is 6.70. The molecule has 0 atom stereocenters. The fourth-order valence-electron chi connectivity index (χ4n) is 2.24. The Bertz CT molecular complexity index is 516. The molecule has 0 bridgehead atoms. The van der Waals surface area contributed by atoms with Crippen LogP contribution in [0.3, 0.4) is 0 Å². The molecule has 1 aliphatic rings. The number of hydrogen-bond acceptors (Lipinski definition) is 2. The van der Waals surface area contributed by atoms with Crippen molar-refractivity contribution < 1.29 is 9.47 Å². The molecule has 1 heterocycles. The van der Waals surface area contributed by atoms with Gasteiger partial charge in [-0.2, -0.15) is 0 Å². The number of benzene rings is 2. The molecule has 0 saturated carbocycles. The van der Waals surface area contributed by atoms with Crippen molar-refractivity contribution in [3.63, 3.8) is 0 Å². The molecule has 0 spiro atoms. The van der Waals surface area contributed by atoms with Crippen molar-refractivity contribution in [2.24, 2.45) is 0 Å². The third-order valence-corrected chi connectivity index (χ3v) is 3.60. The number of hydrogen-bond donors (Lipinski definition) is 0. The highest BCUT2D eigenvalue weighted by Gasteiger charge is 2.40. The molecule has 1 aliphatic heterocycles. The zero-order chi connectivity index (χ0) is 12.4. The van der Waals surface area contributed by atoms with Crippen molar-refractivity contribution in [3.8, 4) is 0 Å². The van der Waals surface area contributed by atoms with Crippen molar-refractivity contribution in [2.45, 2.75) is 5.79 Å². The molecule has 18 heavy (non-hydrogen) atoms. The molecule has 2 aromatic rings. The Morgan fingerprint density at radius 3 is 1.94 bits per heavy atom. The second-order valence-corrected chi connectivity index (χ2v) is 5.10. The summed E-state index contributed by atoms with van der Waals surface area (Å²) in [6.45, 7) is 1.23. The molecule has 1 saturated heterocycles. The minimum absolute atomic E-state index is 0.616. The standard InChI is InChI=1S/C15H13BrO2/c16-14-8-6-13(7-9-14)15(17-10-11-18-15)12-4-2-1-3-5-12/h1-9H,10-11H2. The molecular formula is C15H13BrO2. The average molecular weight is 305 g/mol. The summed E-state index contributed by atoms with van der Waals surface area (Å²) in [6.07, 6.45) is 0. The van der Waals surface area contributed by atoms with Gasteiger partial charge in [0.05, 0.1) is 13.2 Å². The van der Waals surface area contributed by atoms with Gasteiger partial charge in [-0.3, -0.25) is 0 Å². The molecule has 92 valence electrons. The van der Waals surface area contributed by atoms with Crippen LogP contribution in [-0.4, -0.2) is 13.2 Å². The van der Waals surface area contributed by atoms with E-state index >= 15 is 0 Å². The highest BCUT2D eigenvalue weighted by molar-refractivity contribution is 9.10. The molecular weight excluding hydrogens is 292 g/mol. The summed E-state index contributed by atoms with van der Waals surface area (Å²) in [7, 11) is 0. The topological polar surface area (TPSA) is 18.5 Å². The van der Waals surface area contributed by atoms with Crippen molar-refractivity contribution in [1.29, 1.82) is 0 Å². The van der Waals surface area contributed by atoms with Crippen LogP contribution < -0.4 is 0 Å². The molecule has 2 nitrogen and oxygen atoms in total. The van der Waals surface area contributed by atoms with E-state index in [2.05, 4.69) is 15.9 Å². The van der Waals surface area contributed by atoms with Crippen LogP contribution in [0, 0.1) is 0 Å². The van der Waals surface area contributed by atoms with E-state index in [0.29, 0.717) is 13.2 Å². The third kappa shape index (κ3) is 1.99. The van der Waals surface area contributed by atoms with E-state index < -0.39 is 5.79 Å². The van der Waals surface area contributed by atoms with E-state index in [4.69, 9.17) is 9.47 Å². The zero-order valence-corrected chi connectivity index (χ0v) is 11.4. The Morgan fingerprint density at radius 2 is 1.33 bits per heavy atom. The maximum atomic E-state index is 5.92. The van der Waals surface area contributed by atoms with Gasteiger partial charge in [0.15, 0.2) is 0 Å². The van der Waals surface area contributed by atoms with Crippen LogP contribution in [0.2, 0.25) is 0 Å². The molecule has 0 amide bonds. The predicted molar refractivity (Wildman–Crippen MR) is 73.3 cm³/mol. The van der Waals surface area contributed by atoms with E-state index in [9.17, 15) is 0 Å². The van der Waals surface area contributed by atoms with Gasteiger partial charge in [0.2, 0.25) is 5.79 Å². The Kier molecular flexibility index (Phi) is 3.20. The van der Waals surface area contributed by atoms with Crippen molar-refractivity contribution in [1.82, 2.24) is 0 Å². The summed E-state index contributed by atoms with van der Waals surface area (Å²) in [5, 5.41) is 0. The molecule has 0 aliphatic carbocycles. The van der Waals surface area contributed by atoms with Crippen LogP contribution in [-0.2, 0) is 15.3 Å². The summed E-state index contributed by atoms with van der Waals surface area (Å²) < 4.78 is 12.9. The highest BCUT2D eigenvalue weighted by atomic mass is 79.9. The van der Waals surface area contributed by atoms with E-state index in [0.717, 1.165) is 15.6 Å². The minimum Gasteiger partial charge on any atom is -0.340 e. The van der Waals surface area contributed by atoms with Gasteiger partial charge in [-0.15, -0.1) is 0 Å². The number of halogens is 1. The predicted octanol–water partition coefficient (Wildman–Crippen LogP) is 3.70. The average Bonchev–Trinajstić information content (AvgIpc) is 2.91. The van der Waals surface area contributed by atoms with Gasteiger partial charge >= 0.3 is 0 Å². The van der Waals surface area contributed by atoms with E-state index in [1.165, 1.54) is 0 Å². The first-order chi connectivity index (χ1) is 8.81. The lowest BCUT2D eigenvalue weighted by atomic mass is 9.97. The van der Waals surface area contributed by atoms with Crippen LogP contribution in [0.5, 0.6) is 0 Å². The normalized spacial score (nSPS) is 17.8. The van der Waals surface area contributed by atoms with Gasteiger partial charge in [0, 0.05) is 15.6 Å². The van der Waals surface area contributed by atoms with Gasteiger partial charge in [-0.05, 0) is 12.1 Å². The second kappa shape index (κ2) is 4.84. The molecule has 3 rings (SSSR count). The second-order valence-electron chi connectivity index (χ2n) is 4.19. The molecule has 0 N–H and O–H groups in total. The largest absolute Gasteiger partial charge is 0.340 e. The van der Waals surface area contributed by atoms with Crippen molar-refractivity contribution >= 4 is 15.9 Å². The number of rotatable bonds is 2. The van der Waals surface area contributed by atoms with E-state index in [1.54, 1.807) is 0 Å². The van der Waals surface area contributed by atoms with Gasteiger partial charge in [0.25, 0.3) is 0 Å². The molecule has 1 fully saturated rings. The Balaban J connectivity index is 2.10. The van der Waals surface area contributed by atoms with Crippen LogP contribution in [0.4, 0.5) is 0 Å². The summed E-state index contributed by atoms with van der Waals surface area (Å²) in [5.74, 6) is -0.748. The van der Waals surface area contributed by atoms with Gasteiger partial charge < -0.3 is 9.47 Å². The van der Waals surface area contributed by atoms with E-state index in [1.807, 2.05) is 54.6 Å². The van der Waals surface area contributed by atoms with Crippen LogP contribution in [0.15, 0.2) is 59.1 Å². The van der Waals surface area contributed by atoms with Crippen LogP contribution >= 0.6 is 15.9 Å². The Labute approximate surface area is 115 Å². The molecule has 0 radical (unpaired) electrons. The molecule has 0 aromatic heterocycles. The summed E-state index contributed by atoms with van der Waals surface area (Å²) in [4.78, 5) is 0.